The average molecular weight is 219 g/mol. The molecule has 1 fully saturated rings. The highest BCUT2D eigenvalue weighted by Crippen LogP contribution is 2.12. The topological polar surface area (TPSA) is 21.3 Å². The van der Waals surface area contributed by atoms with Gasteiger partial charge >= 0.3 is 0 Å². The third-order valence-electron chi connectivity index (χ3n) is 3.32. The first-order valence-corrected chi connectivity index (χ1v) is 6.16. The molecule has 0 saturated carbocycles. The van der Waals surface area contributed by atoms with Crippen molar-refractivity contribution < 1.29 is 4.74 Å². The molecule has 1 aliphatic heterocycles. The van der Waals surface area contributed by atoms with E-state index in [2.05, 4.69) is 43.4 Å². The minimum absolute atomic E-state index is 0.373. The molecule has 1 saturated heterocycles. The second kappa shape index (κ2) is 5.46. The molecule has 2 rings (SSSR count). The summed E-state index contributed by atoms with van der Waals surface area (Å²) in [4.78, 5) is 0. The van der Waals surface area contributed by atoms with Crippen molar-refractivity contribution in [2.45, 2.75) is 38.8 Å². The predicted octanol–water partition coefficient (Wildman–Crippen LogP) is 2.30. The van der Waals surface area contributed by atoms with E-state index >= 15 is 0 Å². The van der Waals surface area contributed by atoms with E-state index in [-0.39, 0.29) is 0 Å². The van der Waals surface area contributed by atoms with Crippen LogP contribution in [0.4, 0.5) is 0 Å². The van der Waals surface area contributed by atoms with Gasteiger partial charge in [0.2, 0.25) is 0 Å². The fourth-order valence-electron chi connectivity index (χ4n) is 2.16. The lowest BCUT2D eigenvalue weighted by molar-refractivity contribution is 0.113. The predicted molar refractivity (Wildman–Crippen MR) is 66.7 cm³/mol. The largest absolute Gasteiger partial charge is 0.377 e. The minimum Gasteiger partial charge on any atom is -0.377 e. The van der Waals surface area contributed by atoms with Gasteiger partial charge < -0.3 is 10.1 Å². The molecule has 0 bridgehead atoms. The number of aryl methyl sites for hydroxylation is 1. The Morgan fingerprint density at radius 2 is 2.06 bits per heavy atom. The fraction of sp³-hybridized carbons (Fsp3) is 0.571. The normalized spacial score (nSPS) is 24.9. The van der Waals surface area contributed by atoms with E-state index in [0.717, 1.165) is 26.0 Å². The number of ether oxygens (including phenoxy) is 1. The van der Waals surface area contributed by atoms with Gasteiger partial charge in [-0.15, -0.1) is 0 Å². The summed E-state index contributed by atoms with van der Waals surface area (Å²) in [6, 6.07) is 9.33. The Morgan fingerprint density at radius 1 is 1.31 bits per heavy atom. The van der Waals surface area contributed by atoms with Gasteiger partial charge in [-0.05, 0) is 38.8 Å². The van der Waals surface area contributed by atoms with E-state index in [1.807, 2.05) is 0 Å². The maximum Gasteiger partial charge on any atom is 0.0700 e. The highest BCUT2D eigenvalue weighted by atomic mass is 16.5. The first-order valence-electron chi connectivity index (χ1n) is 6.16. The molecule has 2 unspecified atom stereocenters. The van der Waals surface area contributed by atoms with Crippen molar-refractivity contribution >= 4 is 0 Å². The summed E-state index contributed by atoms with van der Waals surface area (Å²) in [5.41, 5.74) is 2.74. The third-order valence-corrected chi connectivity index (χ3v) is 3.32. The molecule has 88 valence electrons. The van der Waals surface area contributed by atoms with Crippen LogP contribution in [0.25, 0.3) is 0 Å². The molecule has 2 nitrogen and oxygen atoms in total. The Labute approximate surface area is 98.0 Å². The molecule has 1 aromatic carbocycles. The smallest absolute Gasteiger partial charge is 0.0700 e. The highest BCUT2D eigenvalue weighted by molar-refractivity contribution is 5.21. The van der Waals surface area contributed by atoms with Crippen molar-refractivity contribution in [3.63, 3.8) is 0 Å². The number of benzene rings is 1. The lowest BCUT2D eigenvalue weighted by Gasteiger charge is -2.15. The molecule has 1 N–H and O–H groups in total. The molecule has 0 radical (unpaired) electrons. The van der Waals surface area contributed by atoms with Gasteiger partial charge in [0.1, 0.15) is 0 Å². The molecule has 0 spiro atoms. The molecule has 1 aliphatic rings. The van der Waals surface area contributed by atoms with Crippen LogP contribution in [-0.4, -0.2) is 25.3 Å². The van der Waals surface area contributed by atoms with Crippen molar-refractivity contribution in [2.75, 3.05) is 13.2 Å². The van der Waals surface area contributed by atoms with Gasteiger partial charge in [-0.25, -0.2) is 0 Å². The summed E-state index contributed by atoms with van der Waals surface area (Å²) in [5, 5.41) is 3.57. The standard InChI is InChI=1S/C14H21NO/c1-11-3-5-13(6-4-11)7-9-15-14-8-10-16-12(14)2/h3-6,12,14-15H,7-10H2,1-2H3. The molecule has 1 aromatic rings. The molecule has 0 aliphatic carbocycles. The van der Waals surface area contributed by atoms with Crippen molar-refractivity contribution in [2.24, 2.45) is 0 Å². The zero-order valence-electron chi connectivity index (χ0n) is 10.2. The van der Waals surface area contributed by atoms with E-state index in [1.165, 1.54) is 11.1 Å². The zero-order chi connectivity index (χ0) is 11.4. The minimum atomic E-state index is 0.373. The Kier molecular flexibility index (Phi) is 3.97. The van der Waals surface area contributed by atoms with Crippen LogP contribution in [0, 0.1) is 6.92 Å². The number of hydrogen-bond acceptors (Lipinski definition) is 2. The Bertz CT molecular complexity index is 320. The van der Waals surface area contributed by atoms with E-state index in [1.54, 1.807) is 0 Å². The number of nitrogens with one attached hydrogen (secondary N) is 1. The Balaban J connectivity index is 1.73. The lowest BCUT2D eigenvalue weighted by atomic mass is 10.1. The van der Waals surface area contributed by atoms with Crippen LogP contribution in [0.2, 0.25) is 0 Å². The molecule has 0 amide bonds. The monoisotopic (exact) mass is 219 g/mol. The summed E-state index contributed by atoms with van der Waals surface area (Å²) in [7, 11) is 0. The van der Waals surface area contributed by atoms with Gasteiger partial charge in [0.25, 0.3) is 0 Å². The van der Waals surface area contributed by atoms with E-state index in [4.69, 9.17) is 4.74 Å². The van der Waals surface area contributed by atoms with E-state index < -0.39 is 0 Å². The van der Waals surface area contributed by atoms with Gasteiger partial charge in [0.05, 0.1) is 6.10 Å². The van der Waals surface area contributed by atoms with Gasteiger partial charge in [-0.2, -0.15) is 0 Å². The van der Waals surface area contributed by atoms with Crippen LogP contribution < -0.4 is 5.32 Å². The SMILES string of the molecule is Cc1ccc(CCNC2CCOC2C)cc1. The van der Waals surface area contributed by atoms with Crippen molar-refractivity contribution in [3.05, 3.63) is 35.4 Å². The summed E-state index contributed by atoms with van der Waals surface area (Å²) in [5.74, 6) is 0. The Morgan fingerprint density at radius 3 is 2.69 bits per heavy atom. The quantitative estimate of drug-likeness (QED) is 0.839. The summed E-state index contributed by atoms with van der Waals surface area (Å²) >= 11 is 0. The van der Waals surface area contributed by atoms with E-state index in [9.17, 15) is 0 Å². The first kappa shape index (κ1) is 11.6. The number of rotatable bonds is 4. The lowest BCUT2D eigenvalue weighted by Crippen LogP contribution is -2.35. The molecular weight excluding hydrogens is 198 g/mol. The van der Waals surface area contributed by atoms with Gasteiger partial charge in [-0.1, -0.05) is 29.8 Å². The number of hydrogen-bond donors (Lipinski definition) is 1. The van der Waals surface area contributed by atoms with Crippen LogP contribution >= 0.6 is 0 Å². The van der Waals surface area contributed by atoms with Crippen molar-refractivity contribution in [3.8, 4) is 0 Å². The summed E-state index contributed by atoms with van der Waals surface area (Å²) in [6.45, 7) is 6.22. The van der Waals surface area contributed by atoms with Gasteiger partial charge in [0, 0.05) is 12.6 Å². The van der Waals surface area contributed by atoms with Crippen LogP contribution in [0.15, 0.2) is 24.3 Å². The van der Waals surface area contributed by atoms with Gasteiger partial charge in [-0.3, -0.25) is 0 Å². The maximum atomic E-state index is 5.52. The molecule has 0 aromatic heterocycles. The maximum absolute atomic E-state index is 5.52. The molecular formula is C14H21NO. The molecule has 2 atom stereocenters. The summed E-state index contributed by atoms with van der Waals surface area (Å²) < 4.78 is 5.52. The second-order valence-corrected chi connectivity index (χ2v) is 4.66. The Hall–Kier alpha value is -0.860. The third kappa shape index (κ3) is 3.06. The van der Waals surface area contributed by atoms with Crippen molar-refractivity contribution in [1.82, 2.24) is 5.32 Å². The summed E-state index contributed by atoms with van der Waals surface area (Å²) in [6.07, 6.45) is 2.62. The van der Waals surface area contributed by atoms with Crippen molar-refractivity contribution in [1.29, 1.82) is 0 Å². The molecule has 1 heterocycles. The van der Waals surface area contributed by atoms with Crippen LogP contribution in [0.1, 0.15) is 24.5 Å². The van der Waals surface area contributed by atoms with Crippen LogP contribution in [0.5, 0.6) is 0 Å². The van der Waals surface area contributed by atoms with E-state index in [0.29, 0.717) is 12.1 Å². The van der Waals surface area contributed by atoms with Gasteiger partial charge in [0.15, 0.2) is 0 Å². The van der Waals surface area contributed by atoms with Crippen LogP contribution in [-0.2, 0) is 11.2 Å². The fourth-order valence-corrected chi connectivity index (χ4v) is 2.16. The highest BCUT2D eigenvalue weighted by Gasteiger charge is 2.22. The zero-order valence-corrected chi connectivity index (χ0v) is 10.2. The van der Waals surface area contributed by atoms with Crippen LogP contribution in [0.3, 0.4) is 0 Å². The second-order valence-electron chi connectivity index (χ2n) is 4.66. The molecule has 2 heteroatoms. The first-order chi connectivity index (χ1) is 7.75. The molecule has 16 heavy (non-hydrogen) atoms. The average Bonchev–Trinajstić information content (AvgIpc) is 2.68.